The van der Waals surface area contributed by atoms with Crippen LogP contribution in [-0.2, 0) is 14.3 Å². The van der Waals surface area contributed by atoms with Crippen molar-refractivity contribution in [1.29, 1.82) is 0 Å². The van der Waals surface area contributed by atoms with E-state index < -0.39 is 6.04 Å². The highest BCUT2D eigenvalue weighted by Gasteiger charge is 2.40. The molecule has 1 amide bonds. The van der Waals surface area contributed by atoms with Crippen molar-refractivity contribution in [3.63, 3.8) is 0 Å². The van der Waals surface area contributed by atoms with Crippen molar-refractivity contribution in [2.24, 2.45) is 0 Å². The average Bonchev–Trinajstić information content (AvgIpc) is 2.79. The lowest BCUT2D eigenvalue weighted by atomic mass is 10.1. The second kappa shape index (κ2) is 5.38. The molecule has 0 saturated carbocycles. The fourth-order valence-electron chi connectivity index (χ4n) is 2.49. The Labute approximate surface area is 112 Å². The van der Waals surface area contributed by atoms with Crippen LogP contribution in [0.4, 0.5) is 0 Å². The first-order valence-electron chi connectivity index (χ1n) is 6.37. The van der Waals surface area contributed by atoms with E-state index >= 15 is 0 Å². The van der Waals surface area contributed by atoms with Crippen LogP contribution in [0.25, 0.3) is 0 Å². The topological polar surface area (TPSA) is 59.5 Å². The molecule has 0 spiro atoms. The maximum atomic E-state index is 12.0. The standard InChI is InChI=1S/C14H18N2O3/c1-9-5-4-6-11(15-9)10(2)16-12(14(18)19-3)7-8-13(16)17/h4-6,10,12H,7-8H2,1-3H3. The predicted molar refractivity (Wildman–Crippen MR) is 69.3 cm³/mol. The molecule has 5 nitrogen and oxygen atoms in total. The third-order valence-electron chi connectivity index (χ3n) is 3.48. The third kappa shape index (κ3) is 2.59. The molecular formula is C14H18N2O3. The first-order chi connectivity index (χ1) is 9.04. The monoisotopic (exact) mass is 262 g/mol. The van der Waals surface area contributed by atoms with Gasteiger partial charge in [0.15, 0.2) is 0 Å². The first kappa shape index (κ1) is 13.5. The lowest BCUT2D eigenvalue weighted by molar-refractivity contribution is -0.150. The predicted octanol–water partition coefficient (Wildman–Crippen LogP) is 1.62. The number of pyridine rings is 1. The SMILES string of the molecule is COC(=O)C1CCC(=O)N1C(C)c1cccc(C)n1. The normalized spacial score (nSPS) is 20.5. The second-order valence-corrected chi connectivity index (χ2v) is 4.76. The Balaban J connectivity index is 2.27. The number of hydrogen-bond acceptors (Lipinski definition) is 4. The van der Waals surface area contributed by atoms with E-state index in [0.717, 1.165) is 11.4 Å². The van der Waals surface area contributed by atoms with Crippen LogP contribution in [0.15, 0.2) is 18.2 Å². The Hall–Kier alpha value is -1.91. The van der Waals surface area contributed by atoms with Crippen molar-refractivity contribution in [3.8, 4) is 0 Å². The van der Waals surface area contributed by atoms with Gasteiger partial charge in [-0.25, -0.2) is 4.79 Å². The molecule has 0 radical (unpaired) electrons. The molecule has 2 heterocycles. The summed E-state index contributed by atoms with van der Waals surface area (Å²) in [5.41, 5.74) is 1.69. The number of amides is 1. The number of hydrogen-bond donors (Lipinski definition) is 0. The minimum atomic E-state index is -0.491. The zero-order valence-corrected chi connectivity index (χ0v) is 11.4. The van der Waals surface area contributed by atoms with Crippen LogP contribution in [0, 0.1) is 6.92 Å². The number of ether oxygens (including phenoxy) is 1. The molecule has 19 heavy (non-hydrogen) atoms. The number of likely N-dealkylation sites (tertiary alicyclic amines) is 1. The highest BCUT2D eigenvalue weighted by Crippen LogP contribution is 2.29. The van der Waals surface area contributed by atoms with E-state index in [-0.39, 0.29) is 17.9 Å². The van der Waals surface area contributed by atoms with Crippen LogP contribution in [0.3, 0.4) is 0 Å². The van der Waals surface area contributed by atoms with Gasteiger partial charge in [0.1, 0.15) is 6.04 Å². The average molecular weight is 262 g/mol. The van der Waals surface area contributed by atoms with E-state index in [1.54, 1.807) is 4.90 Å². The summed E-state index contributed by atoms with van der Waals surface area (Å²) in [6.07, 6.45) is 0.900. The van der Waals surface area contributed by atoms with Crippen molar-refractivity contribution in [2.45, 2.75) is 38.8 Å². The Morgan fingerprint density at radius 1 is 1.53 bits per heavy atom. The van der Waals surface area contributed by atoms with Gasteiger partial charge in [-0.1, -0.05) is 6.07 Å². The van der Waals surface area contributed by atoms with Gasteiger partial charge in [-0.2, -0.15) is 0 Å². The van der Waals surface area contributed by atoms with Gasteiger partial charge in [-0.05, 0) is 32.4 Å². The Morgan fingerprint density at radius 3 is 2.89 bits per heavy atom. The zero-order chi connectivity index (χ0) is 14.0. The number of rotatable bonds is 3. The van der Waals surface area contributed by atoms with Gasteiger partial charge >= 0.3 is 5.97 Å². The summed E-state index contributed by atoms with van der Waals surface area (Å²) in [5, 5.41) is 0. The summed E-state index contributed by atoms with van der Waals surface area (Å²) >= 11 is 0. The fourth-order valence-corrected chi connectivity index (χ4v) is 2.49. The number of esters is 1. The van der Waals surface area contributed by atoms with Gasteiger partial charge in [0.25, 0.3) is 0 Å². The molecule has 0 aliphatic carbocycles. The molecule has 1 aromatic heterocycles. The summed E-state index contributed by atoms with van der Waals surface area (Å²) in [6, 6.07) is 4.97. The number of methoxy groups -OCH3 is 1. The molecule has 1 fully saturated rings. The number of nitrogens with zero attached hydrogens (tertiary/aromatic N) is 2. The largest absolute Gasteiger partial charge is 0.467 e. The Morgan fingerprint density at radius 2 is 2.26 bits per heavy atom. The van der Waals surface area contributed by atoms with Gasteiger partial charge in [0.2, 0.25) is 5.91 Å². The molecule has 1 aliphatic rings. The second-order valence-electron chi connectivity index (χ2n) is 4.76. The smallest absolute Gasteiger partial charge is 0.328 e. The molecule has 1 aromatic rings. The molecule has 0 bridgehead atoms. The van der Waals surface area contributed by atoms with E-state index in [1.807, 2.05) is 32.0 Å². The van der Waals surface area contributed by atoms with Crippen LogP contribution in [-0.4, -0.2) is 34.9 Å². The first-order valence-corrected chi connectivity index (χ1v) is 6.37. The maximum Gasteiger partial charge on any atom is 0.328 e. The number of carbonyl (C=O) groups is 2. The number of aromatic nitrogens is 1. The fraction of sp³-hybridized carbons (Fsp3) is 0.500. The van der Waals surface area contributed by atoms with Crippen molar-refractivity contribution in [2.75, 3.05) is 7.11 Å². The molecular weight excluding hydrogens is 244 g/mol. The van der Waals surface area contributed by atoms with Crippen LogP contribution in [0.2, 0.25) is 0 Å². The molecule has 1 saturated heterocycles. The zero-order valence-electron chi connectivity index (χ0n) is 11.4. The lowest BCUT2D eigenvalue weighted by Crippen LogP contribution is -2.41. The molecule has 2 unspecified atom stereocenters. The molecule has 1 aliphatic heterocycles. The van der Waals surface area contributed by atoms with Gasteiger partial charge < -0.3 is 9.64 Å². The van der Waals surface area contributed by atoms with Crippen LogP contribution < -0.4 is 0 Å². The minimum Gasteiger partial charge on any atom is -0.467 e. The third-order valence-corrected chi connectivity index (χ3v) is 3.48. The number of aryl methyl sites for hydroxylation is 1. The molecule has 2 rings (SSSR count). The molecule has 2 atom stereocenters. The summed E-state index contributed by atoms with van der Waals surface area (Å²) in [4.78, 5) is 29.7. The van der Waals surface area contributed by atoms with E-state index in [4.69, 9.17) is 4.74 Å². The van der Waals surface area contributed by atoms with E-state index in [9.17, 15) is 9.59 Å². The lowest BCUT2D eigenvalue weighted by Gasteiger charge is -2.29. The Bertz CT molecular complexity index is 501. The molecule has 5 heteroatoms. The van der Waals surface area contributed by atoms with Crippen molar-refractivity contribution in [3.05, 3.63) is 29.6 Å². The van der Waals surface area contributed by atoms with Gasteiger partial charge in [0, 0.05) is 12.1 Å². The highest BCUT2D eigenvalue weighted by atomic mass is 16.5. The molecule has 102 valence electrons. The summed E-state index contributed by atoms with van der Waals surface area (Å²) in [5.74, 6) is -0.378. The minimum absolute atomic E-state index is 0.0220. The highest BCUT2D eigenvalue weighted by molar-refractivity contribution is 5.88. The van der Waals surface area contributed by atoms with E-state index in [2.05, 4.69) is 4.98 Å². The van der Waals surface area contributed by atoms with Crippen molar-refractivity contribution < 1.29 is 14.3 Å². The van der Waals surface area contributed by atoms with Crippen LogP contribution in [0.5, 0.6) is 0 Å². The van der Waals surface area contributed by atoms with Gasteiger partial charge in [0.05, 0.1) is 18.8 Å². The quantitative estimate of drug-likeness (QED) is 0.777. The van der Waals surface area contributed by atoms with Crippen molar-refractivity contribution >= 4 is 11.9 Å². The molecule has 0 N–H and O–H groups in total. The summed E-state index contributed by atoms with van der Waals surface area (Å²) in [6.45, 7) is 3.79. The van der Waals surface area contributed by atoms with Gasteiger partial charge in [-0.3, -0.25) is 9.78 Å². The maximum absolute atomic E-state index is 12.0. The Kier molecular flexibility index (Phi) is 3.83. The summed E-state index contributed by atoms with van der Waals surface area (Å²) in [7, 11) is 1.35. The van der Waals surface area contributed by atoms with Crippen LogP contribution >= 0.6 is 0 Å². The molecule has 0 aromatic carbocycles. The number of carbonyl (C=O) groups excluding carboxylic acids is 2. The van der Waals surface area contributed by atoms with Gasteiger partial charge in [-0.15, -0.1) is 0 Å². The summed E-state index contributed by atoms with van der Waals surface area (Å²) < 4.78 is 4.77. The van der Waals surface area contributed by atoms with E-state index in [1.165, 1.54) is 7.11 Å². The van der Waals surface area contributed by atoms with Crippen LogP contribution in [0.1, 0.15) is 37.2 Å². The van der Waals surface area contributed by atoms with E-state index in [0.29, 0.717) is 12.8 Å². The van der Waals surface area contributed by atoms with Crippen molar-refractivity contribution in [1.82, 2.24) is 9.88 Å².